The molecule has 0 spiro atoms. The second kappa shape index (κ2) is 10.5. The van der Waals surface area contributed by atoms with Crippen LogP contribution in [0.15, 0.2) is 89.8 Å². The molecule has 4 rings (SSSR count). The number of ether oxygens (including phenoxy) is 1. The standard InChI is InChI=1S/C25H27N3O4S/c29-25(28-17-15-27(16-18-28)22-9-5-2-6-10-22)20-32-23-11-13-24(14-12-23)33(30,31)26-19-21-7-3-1-4-8-21/h1-14,26H,15-20H2. The number of carbonyl (C=O) groups is 1. The fourth-order valence-electron chi connectivity index (χ4n) is 3.66. The maximum Gasteiger partial charge on any atom is 0.260 e. The van der Waals surface area contributed by atoms with Crippen molar-refractivity contribution in [2.75, 3.05) is 37.7 Å². The van der Waals surface area contributed by atoms with Gasteiger partial charge < -0.3 is 14.5 Å². The summed E-state index contributed by atoms with van der Waals surface area (Å²) in [7, 11) is -3.64. The van der Waals surface area contributed by atoms with Crippen LogP contribution >= 0.6 is 0 Å². The van der Waals surface area contributed by atoms with Gasteiger partial charge in [-0.3, -0.25) is 4.79 Å². The van der Waals surface area contributed by atoms with E-state index in [2.05, 4.69) is 21.8 Å². The van der Waals surface area contributed by atoms with Crippen molar-refractivity contribution in [2.45, 2.75) is 11.4 Å². The Morgan fingerprint density at radius 3 is 2.06 bits per heavy atom. The van der Waals surface area contributed by atoms with Crippen molar-refractivity contribution >= 4 is 21.6 Å². The summed E-state index contributed by atoms with van der Waals surface area (Å²) in [5.41, 5.74) is 2.04. The van der Waals surface area contributed by atoms with Crippen LogP contribution in [0.1, 0.15) is 5.56 Å². The summed E-state index contributed by atoms with van der Waals surface area (Å²) in [5.74, 6) is 0.372. The molecule has 1 amide bonds. The van der Waals surface area contributed by atoms with Gasteiger partial charge in [-0.1, -0.05) is 48.5 Å². The van der Waals surface area contributed by atoms with Crippen LogP contribution in [0.3, 0.4) is 0 Å². The molecule has 0 saturated carbocycles. The predicted octanol–water partition coefficient (Wildman–Crippen LogP) is 2.89. The van der Waals surface area contributed by atoms with Crippen LogP contribution in [-0.4, -0.2) is 52.0 Å². The van der Waals surface area contributed by atoms with Gasteiger partial charge in [-0.2, -0.15) is 0 Å². The summed E-state index contributed by atoms with van der Waals surface area (Å²) in [6.45, 7) is 2.97. The van der Waals surface area contributed by atoms with E-state index in [-0.39, 0.29) is 24.0 Å². The van der Waals surface area contributed by atoms with E-state index in [0.717, 1.165) is 24.3 Å². The Morgan fingerprint density at radius 1 is 0.818 bits per heavy atom. The zero-order valence-corrected chi connectivity index (χ0v) is 19.1. The third kappa shape index (κ3) is 6.12. The van der Waals surface area contributed by atoms with E-state index < -0.39 is 10.0 Å². The fraction of sp³-hybridized carbons (Fsp3) is 0.240. The number of nitrogens with zero attached hydrogens (tertiary/aromatic N) is 2. The van der Waals surface area contributed by atoms with Gasteiger partial charge in [0.2, 0.25) is 10.0 Å². The van der Waals surface area contributed by atoms with Crippen LogP contribution in [-0.2, 0) is 21.4 Å². The van der Waals surface area contributed by atoms with E-state index in [0.29, 0.717) is 18.8 Å². The molecule has 1 fully saturated rings. The molecule has 8 heteroatoms. The highest BCUT2D eigenvalue weighted by Gasteiger charge is 2.21. The van der Waals surface area contributed by atoms with Gasteiger partial charge in [0.15, 0.2) is 6.61 Å². The Balaban J connectivity index is 1.25. The minimum absolute atomic E-state index is 0.0797. The van der Waals surface area contributed by atoms with Crippen molar-refractivity contribution in [3.05, 3.63) is 90.5 Å². The summed E-state index contributed by atoms with van der Waals surface area (Å²) >= 11 is 0. The molecule has 33 heavy (non-hydrogen) atoms. The van der Waals surface area contributed by atoms with Crippen LogP contribution < -0.4 is 14.4 Å². The van der Waals surface area contributed by atoms with Gasteiger partial charge in [0.1, 0.15) is 5.75 Å². The highest BCUT2D eigenvalue weighted by Crippen LogP contribution is 2.18. The summed E-state index contributed by atoms with van der Waals surface area (Å²) < 4.78 is 33.2. The summed E-state index contributed by atoms with van der Waals surface area (Å²) in [5, 5.41) is 0. The molecular weight excluding hydrogens is 438 g/mol. The normalized spacial score (nSPS) is 14.2. The van der Waals surface area contributed by atoms with Gasteiger partial charge in [0, 0.05) is 38.4 Å². The predicted molar refractivity (Wildman–Crippen MR) is 128 cm³/mol. The molecule has 0 atom stereocenters. The second-order valence-electron chi connectivity index (χ2n) is 7.77. The van der Waals surface area contributed by atoms with Crippen molar-refractivity contribution in [1.82, 2.24) is 9.62 Å². The smallest absolute Gasteiger partial charge is 0.260 e. The maximum atomic E-state index is 12.5. The molecular formula is C25H27N3O4S. The molecule has 0 unspecified atom stereocenters. The monoisotopic (exact) mass is 465 g/mol. The van der Waals surface area contributed by atoms with Gasteiger partial charge in [0.25, 0.3) is 5.91 Å². The Morgan fingerprint density at radius 2 is 1.42 bits per heavy atom. The Labute approximate surface area is 194 Å². The van der Waals surface area contributed by atoms with Gasteiger partial charge in [-0.05, 0) is 42.0 Å². The summed E-state index contributed by atoms with van der Waals surface area (Å²) in [6, 6.07) is 25.6. The molecule has 1 aliphatic heterocycles. The third-order valence-corrected chi connectivity index (χ3v) is 6.98. The minimum atomic E-state index is -3.64. The lowest BCUT2D eigenvalue weighted by Crippen LogP contribution is -2.50. The Hall–Kier alpha value is -3.36. The van der Waals surface area contributed by atoms with Crippen LogP contribution in [0.4, 0.5) is 5.69 Å². The number of rotatable bonds is 8. The zero-order valence-electron chi connectivity index (χ0n) is 18.3. The topological polar surface area (TPSA) is 78.9 Å². The van der Waals surface area contributed by atoms with Gasteiger partial charge in [-0.25, -0.2) is 13.1 Å². The van der Waals surface area contributed by atoms with E-state index in [4.69, 9.17) is 4.74 Å². The van der Waals surface area contributed by atoms with Crippen LogP contribution in [0.5, 0.6) is 5.75 Å². The molecule has 1 aliphatic rings. The van der Waals surface area contributed by atoms with Crippen LogP contribution in [0.2, 0.25) is 0 Å². The molecule has 0 bridgehead atoms. The van der Waals surface area contributed by atoms with Gasteiger partial charge in [0.05, 0.1) is 4.90 Å². The number of hydrogen-bond acceptors (Lipinski definition) is 5. The van der Waals surface area contributed by atoms with E-state index in [1.807, 2.05) is 48.5 Å². The number of anilines is 1. The lowest BCUT2D eigenvalue weighted by Gasteiger charge is -2.36. The number of hydrogen-bond donors (Lipinski definition) is 1. The average Bonchev–Trinajstić information content (AvgIpc) is 2.87. The quantitative estimate of drug-likeness (QED) is 0.554. The number of piperazine rings is 1. The number of benzene rings is 3. The van der Waals surface area contributed by atoms with E-state index in [1.165, 1.54) is 12.1 Å². The molecule has 3 aromatic carbocycles. The first-order valence-corrected chi connectivity index (χ1v) is 12.3. The lowest BCUT2D eigenvalue weighted by atomic mass is 10.2. The Kier molecular flexibility index (Phi) is 7.26. The number of amides is 1. The molecule has 3 aromatic rings. The van der Waals surface area contributed by atoms with E-state index in [9.17, 15) is 13.2 Å². The first-order valence-electron chi connectivity index (χ1n) is 10.9. The number of carbonyl (C=O) groups excluding carboxylic acids is 1. The first kappa shape index (κ1) is 22.8. The lowest BCUT2D eigenvalue weighted by molar-refractivity contribution is -0.133. The van der Waals surface area contributed by atoms with Crippen molar-refractivity contribution in [2.24, 2.45) is 0 Å². The van der Waals surface area contributed by atoms with Crippen molar-refractivity contribution in [3.8, 4) is 5.75 Å². The fourth-order valence-corrected chi connectivity index (χ4v) is 4.68. The summed E-state index contributed by atoms with van der Waals surface area (Å²) in [4.78, 5) is 16.7. The molecule has 0 aliphatic carbocycles. The molecule has 172 valence electrons. The molecule has 0 radical (unpaired) electrons. The van der Waals surface area contributed by atoms with Crippen LogP contribution in [0, 0.1) is 0 Å². The number of para-hydroxylation sites is 1. The van der Waals surface area contributed by atoms with Gasteiger partial charge >= 0.3 is 0 Å². The minimum Gasteiger partial charge on any atom is -0.484 e. The number of sulfonamides is 1. The van der Waals surface area contributed by atoms with Crippen molar-refractivity contribution in [1.29, 1.82) is 0 Å². The molecule has 7 nitrogen and oxygen atoms in total. The van der Waals surface area contributed by atoms with Gasteiger partial charge in [-0.15, -0.1) is 0 Å². The summed E-state index contributed by atoms with van der Waals surface area (Å²) in [6.07, 6.45) is 0. The third-order valence-electron chi connectivity index (χ3n) is 5.56. The van der Waals surface area contributed by atoms with E-state index >= 15 is 0 Å². The highest BCUT2D eigenvalue weighted by molar-refractivity contribution is 7.89. The molecule has 1 heterocycles. The average molecular weight is 466 g/mol. The van der Waals surface area contributed by atoms with E-state index in [1.54, 1.807) is 17.0 Å². The van der Waals surface area contributed by atoms with Crippen molar-refractivity contribution in [3.63, 3.8) is 0 Å². The van der Waals surface area contributed by atoms with Crippen molar-refractivity contribution < 1.29 is 17.9 Å². The number of nitrogens with one attached hydrogen (secondary N) is 1. The van der Waals surface area contributed by atoms with Crippen LogP contribution in [0.25, 0.3) is 0 Å². The SMILES string of the molecule is O=C(COc1ccc(S(=O)(=O)NCc2ccccc2)cc1)N1CCN(c2ccccc2)CC1. The first-order chi connectivity index (χ1) is 16.0. The molecule has 0 aromatic heterocycles. The highest BCUT2D eigenvalue weighted by atomic mass is 32.2. The second-order valence-corrected chi connectivity index (χ2v) is 9.54. The zero-order chi connectivity index (χ0) is 23.1. The molecule has 1 N–H and O–H groups in total. The largest absolute Gasteiger partial charge is 0.484 e. The Bertz CT molecular complexity index is 1150. The maximum absolute atomic E-state index is 12.5. The molecule has 1 saturated heterocycles.